The van der Waals surface area contributed by atoms with Crippen molar-refractivity contribution in [2.45, 2.75) is 6.61 Å². The maximum absolute atomic E-state index is 11.8. The molecule has 0 aliphatic heterocycles. The summed E-state index contributed by atoms with van der Waals surface area (Å²) in [5.74, 6) is 0.609. The molecule has 0 bridgehead atoms. The predicted octanol–water partition coefficient (Wildman–Crippen LogP) is 4.61. The minimum Gasteiger partial charge on any atom is -0.488 e. The summed E-state index contributed by atoms with van der Waals surface area (Å²) in [6.45, 7) is 0.444. The van der Waals surface area contributed by atoms with E-state index in [0.717, 1.165) is 10.0 Å². The van der Waals surface area contributed by atoms with Crippen LogP contribution in [0.2, 0.25) is 0 Å². The monoisotopic (exact) mass is 382 g/mol. The molecule has 2 nitrogen and oxygen atoms in total. The van der Waals surface area contributed by atoms with Gasteiger partial charge in [0.05, 0.1) is 10.9 Å². The highest BCUT2D eigenvalue weighted by Crippen LogP contribution is 2.25. The van der Waals surface area contributed by atoms with E-state index in [2.05, 4.69) is 31.9 Å². The number of carbonyl (C=O) groups is 1. The molecular weight excluding hydrogens is 372 g/mol. The van der Waals surface area contributed by atoms with Gasteiger partial charge in [0.25, 0.3) is 0 Å². The zero-order valence-corrected chi connectivity index (χ0v) is 13.3. The van der Waals surface area contributed by atoms with Gasteiger partial charge in [-0.15, -0.1) is 0 Å². The van der Waals surface area contributed by atoms with Gasteiger partial charge < -0.3 is 4.74 Å². The van der Waals surface area contributed by atoms with Crippen molar-refractivity contribution in [2.75, 3.05) is 5.33 Å². The molecular formula is C15H12Br2O2. The van der Waals surface area contributed by atoms with Gasteiger partial charge in [0, 0.05) is 4.47 Å². The van der Waals surface area contributed by atoms with Gasteiger partial charge in [0.15, 0.2) is 5.78 Å². The Bertz CT molecular complexity index is 568. The normalized spacial score (nSPS) is 10.2. The summed E-state index contributed by atoms with van der Waals surface area (Å²) in [5, 5.41) is 0.288. The zero-order valence-electron chi connectivity index (χ0n) is 10.1. The minimum absolute atomic E-state index is 0.00978. The Hall–Kier alpha value is -1.13. The number of hydrogen-bond acceptors (Lipinski definition) is 2. The maximum atomic E-state index is 11.8. The second-order valence-corrected chi connectivity index (χ2v) is 5.45. The molecule has 0 aromatic heterocycles. The Morgan fingerprint density at radius 2 is 1.84 bits per heavy atom. The number of hydrogen-bond donors (Lipinski definition) is 0. The quantitative estimate of drug-likeness (QED) is 0.556. The van der Waals surface area contributed by atoms with Crippen LogP contribution in [-0.4, -0.2) is 11.1 Å². The molecule has 0 saturated heterocycles. The maximum Gasteiger partial charge on any atom is 0.177 e. The average Bonchev–Trinajstić information content (AvgIpc) is 2.45. The van der Waals surface area contributed by atoms with Crippen molar-refractivity contribution in [3.05, 3.63) is 64.1 Å². The molecule has 0 radical (unpaired) electrons. The van der Waals surface area contributed by atoms with Gasteiger partial charge in [0.2, 0.25) is 0 Å². The summed E-state index contributed by atoms with van der Waals surface area (Å²) in [7, 11) is 0. The van der Waals surface area contributed by atoms with Crippen LogP contribution in [-0.2, 0) is 6.61 Å². The largest absolute Gasteiger partial charge is 0.488 e. The van der Waals surface area contributed by atoms with Crippen LogP contribution in [0.25, 0.3) is 0 Å². The number of carbonyl (C=O) groups excluding carboxylic acids is 1. The van der Waals surface area contributed by atoms with E-state index in [1.807, 2.05) is 42.5 Å². The first kappa shape index (κ1) is 14.3. The molecule has 0 saturated carbocycles. The van der Waals surface area contributed by atoms with Crippen molar-refractivity contribution >= 4 is 37.6 Å². The van der Waals surface area contributed by atoms with E-state index in [0.29, 0.717) is 17.9 Å². The Labute approximate surface area is 129 Å². The topological polar surface area (TPSA) is 26.3 Å². The molecule has 0 aliphatic rings. The number of alkyl halides is 1. The predicted molar refractivity (Wildman–Crippen MR) is 83.0 cm³/mol. The van der Waals surface area contributed by atoms with Crippen LogP contribution in [0.5, 0.6) is 5.75 Å². The number of ketones is 1. The van der Waals surface area contributed by atoms with Gasteiger partial charge in [-0.25, -0.2) is 0 Å². The Morgan fingerprint density at radius 3 is 2.53 bits per heavy atom. The molecule has 4 heteroatoms. The first-order valence-electron chi connectivity index (χ1n) is 5.76. The molecule has 0 N–H and O–H groups in total. The summed E-state index contributed by atoms with van der Waals surface area (Å²) in [5.41, 5.74) is 1.66. The van der Waals surface area contributed by atoms with Crippen LogP contribution in [0.3, 0.4) is 0 Å². The average molecular weight is 384 g/mol. The number of rotatable bonds is 5. The third-order valence-electron chi connectivity index (χ3n) is 2.60. The molecule has 98 valence electrons. The first-order valence-corrected chi connectivity index (χ1v) is 7.67. The van der Waals surface area contributed by atoms with Crippen molar-refractivity contribution in [2.24, 2.45) is 0 Å². The molecule has 0 spiro atoms. The summed E-state index contributed by atoms with van der Waals surface area (Å²) in [6.07, 6.45) is 0. The van der Waals surface area contributed by atoms with Crippen LogP contribution in [0.4, 0.5) is 0 Å². The van der Waals surface area contributed by atoms with Gasteiger partial charge in [-0.05, 0) is 23.8 Å². The summed E-state index contributed by atoms with van der Waals surface area (Å²) in [6, 6.07) is 15.3. The van der Waals surface area contributed by atoms with E-state index < -0.39 is 0 Å². The van der Waals surface area contributed by atoms with Crippen molar-refractivity contribution in [1.29, 1.82) is 0 Å². The van der Waals surface area contributed by atoms with Gasteiger partial charge >= 0.3 is 0 Å². The molecule has 2 aromatic rings. The molecule has 19 heavy (non-hydrogen) atoms. The van der Waals surface area contributed by atoms with Crippen LogP contribution in [0.15, 0.2) is 53.0 Å². The third kappa shape index (κ3) is 3.91. The van der Waals surface area contributed by atoms with E-state index in [4.69, 9.17) is 4.74 Å². The lowest BCUT2D eigenvalue weighted by Crippen LogP contribution is -2.05. The highest BCUT2D eigenvalue weighted by molar-refractivity contribution is 9.10. The fourth-order valence-electron chi connectivity index (χ4n) is 1.65. The van der Waals surface area contributed by atoms with Crippen LogP contribution in [0, 0.1) is 0 Å². The minimum atomic E-state index is 0.00978. The Balaban J connectivity index is 2.19. The van der Waals surface area contributed by atoms with Crippen molar-refractivity contribution < 1.29 is 9.53 Å². The molecule has 0 fully saturated rings. The van der Waals surface area contributed by atoms with E-state index in [9.17, 15) is 4.79 Å². The highest BCUT2D eigenvalue weighted by atomic mass is 79.9. The summed E-state index contributed by atoms with van der Waals surface area (Å²) < 4.78 is 6.65. The fourth-order valence-corrected chi connectivity index (χ4v) is 2.30. The second kappa shape index (κ2) is 6.87. The lowest BCUT2D eigenvalue weighted by atomic mass is 10.1. The summed E-state index contributed by atoms with van der Waals surface area (Å²) in [4.78, 5) is 11.8. The molecule has 0 heterocycles. The standard InChI is InChI=1S/C15H12Br2O2/c16-9-14(18)13-7-6-12(17)8-15(13)19-10-11-4-2-1-3-5-11/h1-8H,9-10H2. The van der Waals surface area contributed by atoms with Crippen molar-refractivity contribution in [1.82, 2.24) is 0 Å². The van der Waals surface area contributed by atoms with Gasteiger partial charge in [0.1, 0.15) is 12.4 Å². The van der Waals surface area contributed by atoms with Gasteiger partial charge in [-0.1, -0.05) is 62.2 Å². The molecule has 2 aromatic carbocycles. The number of Topliss-reactive ketones (excluding diaryl/α,β-unsaturated/α-hetero) is 1. The molecule has 0 aliphatic carbocycles. The second-order valence-electron chi connectivity index (χ2n) is 3.97. The lowest BCUT2D eigenvalue weighted by molar-refractivity contribution is 0.101. The van der Waals surface area contributed by atoms with Crippen LogP contribution < -0.4 is 4.74 Å². The number of ether oxygens (including phenoxy) is 1. The molecule has 0 atom stereocenters. The zero-order chi connectivity index (χ0) is 13.7. The van der Waals surface area contributed by atoms with E-state index >= 15 is 0 Å². The Morgan fingerprint density at radius 1 is 1.11 bits per heavy atom. The SMILES string of the molecule is O=C(CBr)c1ccc(Br)cc1OCc1ccccc1. The highest BCUT2D eigenvalue weighted by Gasteiger charge is 2.12. The smallest absolute Gasteiger partial charge is 0.177 e. The third-order valence-corrected chi connectivity index (χ3v) is 3.61. The molecule has 0 unspecified atom stereocenters. The van der Waals surface area contributed by atoms with Crippen molar-refractivity contribution in [3.8, 4) is 5.75 Å². The molecule has 0 amide bonds. The molecule has 2 rings (SSSR count). The fraction of sp³-hybridized carbons (Fsp3) is 0.133. The Kier molecular flexibility index (Phi) is 5.16. The van der Waals surface area contributed by atoms with E-state index in [-0.39, 0.29) is 11.1 Å². The van der Waals surface area contributed by atoms with Crippen LogP contribution in [0.1, 0.15) is 15.9 Å². The van der Waals surface area contributed by atoms with Crippen molar-refractivity contribution in [3.63, 3.8) is 0 Å². The number of benzene rings is 2. The van der Waals surface area contributed by atoms with E-state index in [1.54, 1.807) is 6.07 Å². The van der Waals surface area contributed by atoms with Gasteiger partial charge in [-0.3, -0.25) is 4.79 Å². The number of halogens is 2. The summed E-state index contributed by atoms with van der Waals surface area (Å²) >= 11 is 6.57. The van der Waals surface area contributed by atoms with Gasteiger partial charge in [-0.2, -0.15) is 0 Å². The first-order chi connectivity index (χ1) is 9.20. The van der Waals surface area contributed by atoms with Crippen LogP contribution >= 0.6 is 31.9 Å². The lowest BCUT2D eigenvalue weighted by Gasteiger charge is -2.10. The van der Waals surface area contributed by atoms with E-state index in [1.165, 1.54) is 0 Å².